The van der Waals surface area contributed by atoms with Gasteiger partial charge in [0.05, 0.1) is 12.6 Å². The van der Waals surface area contributed by atoms with E-state index in [4.69, 9.17) is 14.3 Å². The fourth-order valence-corrected chi connectivity index (χ4v) is 2.36. The van der Waals surface area contributed by atoms with Gasteiger partial charge < -0.3 is 24.5 Å². The number of piperidine rings is 1. The first-order chi connectivity index (χ1) is 10.1. The molecule has 2 amide bonds. The average molecular weight is 296 g/mol. The van der Waals surface area contributed by atoms with Gasteiger partial charge in [0.25, 0.3) is 0 Å². The van der Waals surface area contributed by atoms with Crippen LogP contribution in [0.3, 0.4) is 0 Å². The van der Waals surface area contributed by atoms with Crippen LogP contribution in [0.2, 0.25) is 0 Å². The minimum absolute atomic E-state index is 0.0942. The molecule has 1 saturated heterocycles. The average Bonchev–Trinajstić information content (AvgIpc) is 2.94. The van der Waals surface area contributed by atoms with Crippen LogP contribution in [0.5, 0.6) is 0 Å². The Kier molecular flexibility index (Phi) is 5.21. The van der Waals surface area contributed by atoms with E-state index in [-0.39, 0.29) is 24.4 Å². The van der Waals surface area contributed by atoms with Crippen LogP contribution in [0, 0.1) is 0 Å². The first kappa shape index (κ1) is 15.4. The van der Waals surface area contributed by atoms with E-state index < -0.39 is 5.97 Å². The molecule has 21 heavy (non-hydrogen) atoms. The quantitative estimate of drug-likeness (QED) is 0.862. The summed E-state index contributed by atoms with van der Waals surface area (Å²) < 4.78 is 10.6. The summed E-state index contributed by atoms with van der Waals surface area (Å²) in [6, 6.07) is 2.73. The Balaban J connectivity index is 1.81. The summed E-state index contributed by atoms with van der Waals surface area (Å²) in [7, 11) is 0. The van der Waals surface area contributed by atoms with Crippen molar-refractivity contribution in [3.63, 3.8) is 0 Å². The maximum absolute atomic E-state index is 12.1. The summed E-state index contributed by atoms with van der Waals surface area (Å²) in [5, 5.41) is 11.5. The second-order valence-electron chi connectivity index (χ2n) is 4.90. The summed E-state index contributed by atoms with van der Waals surface area (Å²) in [4.78, 5) is 24.5. The number of ether oxygens (including phenoxy) is 1. The topological polar surface area (TPSA) is 92.0 Å². The first-order valence-corrected chi connectivity index (χ1v) is 7.06. The van der Waals surface area contributed by atoms with Crippen molar-refractivity contribution in [1.82, 2.24) is 10.2 Å². The zero-order valence-corrected chi connectivity index (χ0v) is 12.0. The second-order valence-corrected chi connectivity index (χ2v) is 4.90. The molecule has 0 radical (unpaired) electrons. The Hall–Kier alpha value is -2.02. The molecule has 1 aliphatic rings. The molecule has 7 nitrogen and oxygen atoms in total. The highest BCUT2D eigenvalue weighted by molar-refractivity contribution is 5.84. The normalized spacial score (nSPS) is 18.5. The second kappa shape index (κ2) is 7.12. The SMILES string of the molecule is CCOC1CCCN(C(=O)NCc2ccc(C(=O)O)o2)C1. The van der Waals surface area contributed by atoms with Crippen molar-refractivity contribution in [3.8, 4) is 0 Å². The number of nitrogens with zero attached hydrogens (tertiary/aromatic N) is 1. The molecule has 2 heterocycles. The Morgan fingerprint density at radius 3 is 3.00 bits per heavy atom. The van der Waals surface area contributed by atoms with Crippen LogP contribution in [0.15, 0.2) is 16.5 Å². The number of likely N-dealkylation sites (tertiary alicyclic amines) is 1. The van der Waals surface area contributed by atoms with Gasteiger partial charge in [0.15, 0.2) is 0 Å². The number of urea groups is 1. The van der Waals surface area contributed by atoms with Gasteiger partial charge in [-0.05, 0) is 31.9 Å². The lowest BCUT2D eigenvalue weighted by Crippen LogP contribution is -2.47. The number of carboxylic acids is 1. The maximum atomic E-state index is 12.1. The van der Waals surface area contributed by atoms with Gasteiger partial charge in [-0.2, -0.15) is 0 Å². The summed E-state index contributed by atoms with van der Waals surface area (Å²) in [6.07, 6.45) is 1.98. The van der Waals surface area contributed by atoms with Gasteiger partial charge in [-0.15, -0.1) is 0 Å². The van der Waals surface area contributed by atoms with Gasteiger partial charge in [0.2, 0.25) is 5.76 Å². The lowest BCUT2D eigenvalue weighted by Gasteiger charge is -2.32. The number of nitrogens with one attached hydrogen (secondary N) is 1. The number of hydrogen-bond donors (Lipinski definition) is 2. The molecule has 1 aliphatic heterocycles. The maximum Gasteiger partial charge on any atom is 0.371 e. The van der Waals surface area contributed by atoms with E-state index in [1.54, 1.807) is 11.0 Å². The van der Waals surface area contributed by atoms with Crippen LogP contribution in [-0.4, -0.2) is 47.8 Å². The highest BCUT2D eigenvalue weighted by atomic mass is 16.5. The van der Waals surface area contributed by atoms with Crippen LogP contribution >= 0.6 is 0 Å². The highest BCUT2D eigenvalue weighted by Gasteiger charge is 2.23. The molecule has 1 aromatic heterocycles. The van der Waals surface area contributed by atoms with Crippen molar-refractivity contribution >= 4 is 12.0 Å². The fraction of sp³-hybridized carbons (Fsp3) is 0.571. The van der Waals surface area contributed by atoms with Crippen LogP contribution in [0.4, 0.5) is 4.79 Å². The lowest BCUT2D eigenvalue weighted by molar-refractivity contribution is 0.0164. The van der Waals surface area contributed by atoms with Crippen LogP contribution in [-0.2, 0) is 11.3 Å². The predicted molar refractivity (Wildman–Crippen MR) is 74.1 cm³/mol. The summed E-state index contributed by atoms with van der Waals surface area (Å²) in [5.74, 6) is -0.837. The molecule has 0 aliphatic carbocycles. The predicted octanol–water partition coefficient (Wildman–Crippen LogP) is 1.69. The van der Waals surface area contributed by atoms with E-state index in [0.29, 0.717) is 25.5 Å². The molecule has 2 N–H and O–H groups in total. The fourth-order valence-electron chi connectivity index (χ4n) is 2.36. The van der Waals surface area contributed by atoms with Gasteiger partial charge in [-0.1, -0.05) is 0 Å². The van der Waals surface area contributed by atoms with E-state index in [9.17, 15) is 9.59 Å². The van der Waals surface area contributed by atoms with Crippen molar-refractivity contribution in [3.05, 3.63) is 23.7 Å². The smallest absolute Gasteiger partial charge is 0.371 e. The van der Waals surface area contributed by atoms with Gasteiger partial charge in [-0.3, -0.25) is 0 Å². The molecule has 1 unspecified atom stereocenters. The van der Waals surface area contributed by atoms with E-state index in [1.165, 1.54) is 6.07 Å². The third-order valence-electron chi connectivity index (χ3n) is 3.35. The molecule has 0 spiro atoms. The summed E-state index contributed by atoms with van der Waals surface area (Å²) in [6.45, 7) is 4.04. The zero-order chi connectivity index (χ0) is 15.2. The van der Waals surface area contributed by atoms with E-state index in [2.05, 4.69) is 5.32 Å². The number of hydrogen-bond acceptors (Lipinski definition) is 4. The zero-order valence-electron chi connectivity index (χ0n) is 12.0. The molecular formula is C14H20N2O5. The first-order valence-electron chi connectivity index (χ1n) is 7.06. The monoisotopic (exact) mass is 296 g/mol. The minimum Gasteiger partial charge on any atom is -0.475 e. The number of rotatable bonds is 5. The van der Waals surface area contributed by atoms with E-state index >= 15 is 0 Å². The molecule has 0 bridgehead atoms. The molecule has 0 saturated carbocycles. The molecule has 116 valence electrons. The van der Waals surface area contributed by atoms with Gasteiger partial charge >= 0.3 is 12.0 Å². The number of carboxylic acid groups (broad SMARTS) is 1. The molecule has 1 aromatic rings. The largest absolute Gasteiger partial charge is 0.475 e. The number of carbonyl (C=O) groups excluding carboxylic acids is 1. The Bertz CT molecular complexity index is 497. The van der Waals surface area contributed by atoms with Crippen LogP contribution in [0.25, 0.3) is 0 Å². The Morgan fingerprint density at radius 2 is 2.33 bits per heavy atom. The third-order valence-corrected chi connectivity index (χ3v) is 3.35. The summed E-state index contributed by atoms with van der Waals surface area (Å²) in [5.41, 5.74) is 0. The van der Waals surface area contributed by atoms with Crippen LogP contribution < -0.4 is 5.32 Å². The molecule has 2 rings (SSSR count). The number of aromatic carboxylic acids is 1. The van der Waals surface area contributed by atoms with Crippen molar-refractivity contribution in [2.24, 2.45) is 0 Å². The molecule has 1 atom stereocenters. The molecule has 1 fully saturated rings. The highest BCUT2D eigenvalue weighted by Crippen LogP contribution is 2.13. The Labute approximate surface area is 122 Å². The van der Waals surface area contributed by atoms with E-state index in [0.717, 1.165) is 12.8 Å². The molecule has 7 heteroatoms. The number of furan rings is 1. The third kappa shape index (κ3) is 4.22. The van der Waals surface area contributed by atoms with Gasteiger partial charge in [0.1, 0.15) is 5.76 Å². The van der Waals surface area contributed by atoms with Crippen molar-refractivity contribution in [2.45, 2.75) is 32.4 Å². The molecular weight excluding hydrogens is 276 g/mol. The molecule has 0 aromatic carbocycles. The Morgan fingerprint density at radius 1 is 1.52 bits per heavy atom. The lowest BCUT2D eigenvalue weighted by atomic mass is 10.1. The summed E-state index contributed by atoms with van der Waals surface area (Å²) >= 11 is 0. The van der Waals surface area contributed by atoms with Gasteiger partial charge in [-0.25, -0.2) is 9.59 Å². The van der Waals surface area contributed by atoms with Gasteiger partial charge in [0, 0.05) is 19.7 Å². The van der Waals surface area contributed by atoms with Crippen molar-refractivity contribution in [2.75, 3.05) is 19.7 Å². The number of carbonyl (C=O) groups is 2. The number of amides is 2. The standard InChI is InChI=1S/C14H20N2O5/c1-2-20-11-4-3-7-16(9-11)14(19)15-8-10-5-6-12(21-10)13(17)18/h5-6,11H,2-4,7-9H2,1H3,(H,15,19)(H,17,18). The van der Waals surface area contributed by atoms with Crippen molar-refractivity contribution < 1.29 is 23.8 Å². The van der Waals surface area contributed by atoms with Crippen LogP contribution in [0.1, 0.15) is 36.1 Å². The minimum atomic E-state index is -1.12. The van der Waals surface area contributed by atoms with Crippen molar-refractivity contribution in [1.29, 1.82) is 0 Å². The van der Waals surface area contributed by atoms with E-state index in [1.807, 2.05) is 6.92 Å².